The fourth-order valence-electron chi connectivity index (χ4n) is 1.74. The van der Waals surface area contributed by atoms with Crippen LogP contribution in [0, 0.1) is 0 Å². The third-order valence-corrected chi connectivity index (χ3v) is 7.74. The van der Waals surface area contributed by atoms with Gasteiger partial charge in [-0.3, -0.25) is 0 Å². The van der Waals surface area contributed by atoms with Crippen LogP contribution >= 0.6 is 0 Å². The highest BCUT2D eigenvalue weighted by Crippen LogP contribution is 2.29. The zero-order valence-electron chi connectivity index (χ0n) is 9.80. The Morgan fingerprint density at radius 3 is 2.14 bits per heavy atom. The second-order valence-corrected chi connectivity index (χ2v) is 8.55. The Labute approximate surface area is 88.4 Å². The Morgan fingerprint density at radius 2 is 1.86 bits per heavy atom. The third-order valence-electron chi connectivity index (χ3n) is 3.20. The quantitative estimate of drug-likeness (QED) is 0.384. The molecule has 1 fully saturated rings. The minimum absolute atomic E-state index is 0.275. The molecule has 0 saturated carbocycles. The summed E-state index contributed by atoms with van der Waals surface area (Å²) in [7, 11) is -1.47. The molecule has 1 unspecified atom stereocenters. The van der Waals surface area contributed by atoms with Crippen molar-refractivity contribution in [2.45, 2.75) is 51.9 Å². The molecule has 1 rings (SSSR count). The van der Waals surface area contributed by atoms with Crippen LogP contribution in [0.5, 0.6) is 0 Å². The molecule has 0 spiro atoms. The minimum atomic E-state index is -1.47. The number of rotatable bonds is 6. The normalized spacial score (nSPS) is 22.3. The van der Waals surface area contributed by atoms with Crippen LogP contribution in [0.1, 0.15) is 27.7 Å². The second-order valence-electron chi connectivity index (χ2n) is 3.86. The molecule has 1 aliphatic rings. The number of epoxide rings is 1. The fourth-order valence-corrected chi connectivity index (χ4v) is 4.42. The van der Waals surface area contributed by atoms with Gasteiger partial charge in [-0.05, 0) is 31.1 Å². The van der Waals surface area contributed by atoms with Gasteiger partial charge in [0.15, 0.2) is 0 Å². The first-order valence-corrected chi connectivity index (χ1v) is 8.21. The van der Waals surface area contributed by atoms with Gasteiger partial charge in [-0.2, -0.15) is 0 Å². The third kappa shape index (κ3) is 2.61. The van der Waals surface area contributed by atoms with Crippen molar-refractivity contribution in [1.29, 1.82) is 0 Å². The topological polar surface area (TPSA) is 21.8 Å². The van der Waals surface area contributed by atoms with Crippen molar-refractivity contribution in [3.8, 4) is 0 Å². The molecular weight excluding hydrogens is 192 g/mol. The zero-order valence-corrected chi connectivity index (χ0v) is 10.8. The average Bonchev–Trinajstić information content (AvgIpc) is 3.05. The monoisotopic (exact) mass is 214 g/mol. The molecule has 0 aliphatic carbocycles. The Hall–Kier alpha value is -0.283. The van der Waals surface area contributed by atoms with Crippen molar-refractivity contribution in [2.24, 2.45) is 0 Å². The van der Waals surface area contributed by atoms with Crippen molar-refractivity contribution in [1.82, 2.24) is 0 Å². The molecule has 1 atom stereocenters. The lowest BCUT2D eigenvalue weighted by molar-refractivity contribution is 0.326. The Kier molecular flexibility index (Phi) is 4.20. The number of allylic oxidation sites excluding steroid dienone is 1. The summed E-state index contributed by atoms with van der Waals surface area (Å²) in [5, 5.41) is 0. The Balaban J connectivity index is 2.61. The van der Waals surface area contributed by atoms with Gasteiger partial charge in [-0.15, -0.1) is 0 Å². The van der Waals surface area contributed by atoms with Crippen LogP contribution in [0.15, 0.2) is 11.8 Å². The summed E-state index contributed by atoms with van der Waals surface area (Å²) < 4.78 is 11.5. The standard InChI is InChI=1S/C11H22O2Si/c1-5-10(11-9-12-11)13-14(6-2,7-3)8-4/h5,11H,6-9H2,1-4H3/b10-5-. The molecule has 1 heterocycles. The number of hydrogen-bond acceptors (Lipinski definition) is 2. The summed E-state index contributed by atoms with van der Waals surface area (Å²) in [6, 6.07) is 3.60. The van der Waals surface area contributed by atoms with E-state index in [1.807, 2.05) is 6.92 Å². The van der Waals surface area contributed by atoms with E-state index in [1.165, 1.54) is 18.1 Å². The smallest absolute Gasteiger partial charge is 0.250 e. The first-order chi connectivity index (χ1) is 6.71. The second kappa shape index (κ2) is 4.98. The van der Waals surface area contributed by atoms with Crippen LogP contribution in [0.3, 0.4) is 0 Å². The molecule has 0 aromatic carbocycles. The van der Waals surface area contributed by atoms with Gasteiger partial charge in [0.05, 0.1) is 6.61 Å². The minimum Gasteiger partial charge on any atom is -0.545 e. The maximum atomic E-state index is 6.23. The van der Waals surface area contributed by atoms with Gasteiger partial charge in [-0.1, -0.05) is 20.8 Å². The molecule has 2 nitrogen and oxygen atoms in total. The van der Waals surface area contributed by atoms with E-state index in [4.69, 9.17) is 9.16 Å². The van der Waals surface area contributed by atoms with Crippen molar-refractivity contribution in [2.75, 3.05) is 6.61 Å². The molecule has 14 heavy (non-hydrogen) atoms. The van der Waals surface area contributed by atoms with Crippen molar-refractivity contribution in [3.63, 3.8) is 0 Å². The van der Waals surface area contributed by atoms with E-state index in [0.717, 1.165) is 12.4 Å². The van der Waals surface area contributed by atoms with Crippen LogP contribution in [0.2, 0.25) is 18.1 Å². The average molecular weight is 214 g/mol. The van der Waals surface area contributed by atoms with E-state index in [1.54, 1.807) is 0 Å². The van der Waals surface area contributed by atoms with E-state index in [-0.39, 0.29) is 6.10 Å². The predicted octanol–water partition coefficient (Wildman–Crippen LogP) is 3.31. The van der Waals surface area contributed by atoms with Gasteiger partial charge >= 0.3 is 0 Å². The first kappa shape index (κ1) is 11.8. The zero-order chi connectivity index (χ0) is 10.6. The Morgan fingerprint density at radius 1 is 1.36 bits per heavy atom. The molecule has 0 N–H and O–H groups in total. The van der Waals surface area contributed by atoms with Gasteiger partial charge in [-0.25, -0.2) is 0 Å². The van der Waals surface area contributed by atoms with Crippen LogP contribution < -0.4 is 0 Å². The summed E-state index contributed by atoms with van der Waals surface area (Å²) in [6.45, 7) is 9.64. The number of ether oxygens (including phenoxy) is 1. The van der Waals surface area contributed by atoms with Gasteiger partial charge in [0.2, 0.25) is 8.32 Å². The largest absolute Gasteiger partial charge is 0.545 e. The molecular formula is C11H22O2Si. The summed E-state index contributed by atoms with van der Waals surface area (Å²) in [6.07, 6.45) is 2.34. The Bertz CT molecular complexity index is 197. The molecule has 0 aromatic heterocycles. The van der Waals surface area contributed by atoms with Gasteiger partial charge < -0.3 is 9.16 Å². The van der Waals surface area contributed by atoms with Gasteiger partial charge in [0, 0.05) is 0 Å². The van der Waals surface area contributed by atoms with Gasteiger partial charge in [0.25, 0.3) is 0 Å². The summed E-state index contributed by atoms with van der Waals surface area (Å²) in [5.41, 5.74) is 0. The van der Waals surface area contributed by atoms with E-state index >= 15 is 0 Å². The van der Waals surface area contributed by atoms with E-state index in [2.05, 4.69) is 26.8 Å². The van der Waals surface area contributed by atoms with Crippen LogP contribution in [0.4, 0.5) is 0 Å². The summed E-state index contributed by atoms with van der Waals surface area (Å²) >= 11 is 0. The van der Waals surface area contributed by atoms with Crippen LogP contribution in [0.25, 0.3) is 0 Å². The van der Waals surface area contributed by atoms with Crippen LogP contribution in [-0.4, -0.2) is 21.0 Å². The maximum absolute atomic E-state index is 6.23. The number of hydrogen-bond donors (Lipinski definition) is 0. The molecule has 82 valence electrons. The highest BCUT2D eigenvalue weighted by molar-refractivity contribution is 6.73. The summed E-state index contributed by atoms with van der Waals surface area (Å²) in [5.74, 6) is 1.09. The lowest BCUT2D eigenvalue weighted by Crippen LogP contribution is -2.36. The molecule has 0 aromatic rings. The van der Waals surface area contributed by atoms with E-state index in [0.29, 0.717) is 0 Å². The lowest BCUT2D eigenvalue weighted by atomic mass is 10.4. The van der Waals surface area contributed by atoms with E-state index < -0.39 is 8.32 Å². The van der Waals surface area contributed by atoms with Crippen molar-refractivity contribution < 1.29 is 9.16 Å². The molecule has 1 saturated heterocycles. The summed E-state index contributed by atoms with van der Waals surface area (Å²) in [4.78, 5) is 0. The first-order valence-electron chi connectivity index (χ1n) is 5.68. The highest BCUT2D eigenvalue weighted by Gasteiger charge is 2.36. The molecule has 1 aliphatic heterocycles. The molecule has 0 radical (unpaired) electrons. The molecule has 3 heteroatoms. The predicted molar refractivity (Wildman–Crippen MR) is 61.8 cm³/mol. The molecule has 0 bridgehead atoms. The van der Waals surface area contributed by atoms with Crippen molar-refractivity contribution >= 4 is 8.32 Å². The van der Waals surface area contributed by atoms with Crippen LogP contribution in [-0.2, 0) is 9.16 Å². The van der Waals surface area contributed by atoms with Crippen molar-refractivity contribution in [3.05, 3.63) is 11.8 Å². The SMILES string of the molecule is C/C=C(\O[Si](CC)(CC)CC)C1CO1. The maximum Gasteiger partial charge on any atom is 0.250 e. The highest BCUT2D eigenvalue weighted by atomic mass is 28.4. The van der Waals surface area contributed by atoms with E-state index in [9.17, 15) is 0 Å². The fraction of sp³-hybridized carbons (Fsp3) is 0.818. The lowest BCUT2D eigenvalue weighted by Gasteiger charge is -2.29. The molecule has 0 amide bonds. The van der Waals surface area contributed by atoms with Gasteiger partial charge in [0.1, 0.15) is 11.9 Å².